The largest absolute Gasteiger partial charge is 0.362 e. The number of hydrogen-bond acceptors (Lipinski definition) is 2. The van der Waals surface area contributed by atoms with E-state index in [-0.39, 0.29) is 5.24 Å². The maximum Gasteiger partial charge on any atom is 0.278 e. The molecule has 1 aliphatic carbocycles. The molecule has 1 amide bonds. The number of nitrogens with zero attached hydrogens (tertiary/aromatic N) is 1. The number of hydrogen-bond donors (Lipinski definition) is 2. The van der Waals surface area contributed by atoms with Crippen molar-refractivity contribution in [3.05, 3.63) is 0 Å². The summed E-state index contributed by atoms with van der Waals surface area (Å²) < 4.78 is 0. The van der Waals surface area contributed by atoms with Crippen LogP contribution < -0.4 is 5.23 Å². The second kappa shape index (κ2) is 5.85. The number of amides is 1. The molecule has 0 aromatic carbocycles. The van der Waals surface area contributed by atoms with Crippen molar-refractivity contribution in [1.82, 2.24) is 10.1 Å². The SMILES string of the molecule is BNCCC(C)C(B)N(C(=O)S)C1CC1. The first-order chi connectivity index (χ1) is 7.07. The van der Waals surface area contributed by atoms with Gasteiger partial charge in [-0.15, -0.1) is 0 Å². The van der Waals surface area contributed by atoms with Gasteiger partial charge >= 0.3 is 0 Å². The first-order valence-corrected chi connectivity index (χ1v) is 6.18. The first-order valence-electron chi connectivity index (χ1n) is 5.73. The van der Waals surface area contributed by atoms with Crippen LogP contribution in [0.4, 0.5) is 4.79 Å². The molecule has 2 atom stereocenters. The minimum atomic E-state index is -0.0682. The Morgan fingerprint density at radius 3 is 2.67 bits per heavy atom. The van der Waals surface area contributed by atoms with Crippen LogP contribution in [-0.4, -0.2) is 44.5 Å². The van der Waals surface area contributed by atoms with Gasteiger partial charge in [-0.1, -0.05) is 19.6 Å². The zero-order chi connectivity index (χ0) is 11.4. The van der Waals surface area contributed by atoms with Gasteiger partial charge in [0.15, 0.2) is 7.98 Å². The van der Waals surface area contributed by atoms with E-state index in [0.717, 1.165) is 25.8 Å². The lowest BCUT2D eigenvalue weighted by Gasteiger charge is -2.32. The number of rotatable bonds is 6. The number of nitrogens with one attached hydrogen (secondary N) is 1. The van der Waals surface area contributed by atoms with Crippen LogP contribution in [0.15, 0.2) is 0 Å². The van der Waals surface area contributed by atoms with Crippen molar-refractivity contribution in [3.8, 4) is 0 Å². The van der Waals surface area contributed by atoms with Crippen LogP contribution in [0.5, 0.6) is 0 Å². The molecule has 0 aromatic rings. The molecule has 84 valence electrons. The van der Waals surface area contributed by atoms with E-state index in [9.17, 15) is 4.79 Å². The third-order valence-electron chi connectivity index (χ3n) is 3.27. The van der Waals surface area contributed by atoms with Crippen molar-refractivity contribution in [2.24, 2.45) is 5.92 Å². The molecule has 1 fully saturated rings. The summed E-state index contributed by atoms with van der Waals surface area (Å²) in [6.45, 7) is 3.21. The van der Waals surface area contributed by atoms with E-state index in [0.29, 0.717) is 17.9 Å². The molecule has 0 aliphatic heterocycles. The molecule has 0 aromatic heterocycles. The average Bonchev–Trinajstić information content (AvgIpc) is 2.97. The topological polar surface area (TPSA) is 32.3 Å². The minimum absolute atomic E-state index is 0.0682. The highest BCUT2D eigenvalue weighted by Crippen LogP contribution is 2.31. The fourth-order valence-electron chi connectivity index (χ4n) is 1.90. The van der Waals surface area contributed by atoms with Gasteiger partial charge in [0.25, 0.3) is 5.24 Å². The fraction of sp³-hybridized carbons (Fsp3) is 0.889. The molecule has 1 saturated carbocycles. The third kappa shape index (κ3) is 3.76. The smallest absolute Gasteiger partial charge is 0.278 e. The summed E-state index contributed by atoms with van der Waals surface area (Å²) in [5, 5.41) is 3.08. The second-order valence-electron chi connectivity index (χ2n) is 4.53. The zero-order valence-corrected chi connectivity index (χ0v) is 10.8. The standard InChI is InChI=1S/C9H20B2N2OS/c1-6(4-5-12-11)8(10)13(9(14)15)7-2-3-7/h6-8,12H,2-5,10-11H2,1H3,(H,14,15). The van der Waals surface area contributed by atoms with Crippen molar-refractivity contribution in [1.29, 1.82) is 0 Å². The Morgan fingerprint density at radius 2 is 2.27 bits per heavy atom. The molecule has 6 heteroatoms. The van der Waals surface area contributed by atoms with Crippen LogP contribution in [0.1, 0.15) is 26.2 Å². The molecule has 2 unspecified atom stereocenters. The molecular weight excluding hydrogens is 206 g/mol. The van der Waals surface area contributed by atoms with Crippen molar-refractivity contribution in [3.63, 3.8) is 0 Å². The van der Waals surface area contributed by atoms with E-state index < -0.39 is 0 Å². The van der Waals surface area contributed by atoms with E-state index in [1.807, 2.05) is 12.9 Å². The van der Waals surface area contributed by atoms with Gasteiger partial charge in [-0.3, -0.25) is 4.79 Å². The lowest BCUT2D eigenvalue weighted by molar-refractivity contribution is 0.197. The summed E-state index contributed by atoms with van der Waals surface area (Å²) in [5.74, 6) is 0.824. The molecule has 1 rings (SSSR count). The molecule has 1 N–H and O–H groups in total. The first kappa shape index (κ1) is 13.0. The molecule has 0 radical (unpaired) electrons. The minimum Gasteiger partial charge on any atom is -0.362 e. The van der Waals surface area contributed by atoms with Gasteiger partial charge < -0.3 is 10.1 Å². The lowest BCUT2D eigenvalue weighted by atomic mass is 9.81. The quantitative estimate of drug-likeness (QED) is 0.478. The molecule has 0 bridgehead atoms. The summed E-state index contributed by atoms with van der Waals surface area (Å²) in [6.07, 6.45) is 3.40. The van der Waals surface area contributed by atoms with Gasteiger partial charge in [0, 0.05) is 12.0 Å². The van der Waals surface area contributed by atoms with Crippen LogP contribution in [0.2, 0.25) is 0 Å². The summed E-state index contributed by atoms with van der Waals surface area (Å²) in [7, 11) is 4.09. The van der Waals surface area contributed by atoms with Crippen LogP contribution in [0.25, 0.3) is 0 Å². The van der Waals surface area contributed by atoms with Crippen LogP contribution in [0.3, 0.4) is 0 Å². The van der Waals surface area contributed by atoms with Gasteiger partial charge in [-0.2, -0.15) is 0 Å². The summed E-state index contributed by atoms with van der Waals surface area (Å²) in [5.41, 5.74) is 0. The fourth-order valence-corrected chi connectivity index (χ4v) is 2.25. The van der Waals surface area contributed by atoms with E-state index in [2.05, 4.69) is 32.6 Å². The van der Waals surface area contributed by atoms with Crippen LogP contribution in [0, 0.1) is 5.92 Å². The normalized spacial score (nSPS) is 19.6. The highest BCUT2D eigenvalue weighted by molar-refractivity contribution is 7.96. The lowest BCUT2D eigenvalue weighted by Crippen LogP contribution is -2.44. The number of carbonyl (C=O) groups excluding carboxylic acids is 1. The summed E-state index contributed by atoms with van der Waals surface area (Å²) >= 11 is 3.97. The Balaban J connectivity index is 2.47. The maximum absolute atomic E-state index is 11.4. The monoisotopic (exact) mass is 226 g/mol. The Labute approximate surface area is 99.6 Å². The third-order valence-corrected chi connectivity index (χ3v) is 3.50. The van der Waals surface area contributed by atoms with Gasteiger partial charge in [-0.05, 0) is 31.7 Å². The Kier molecular flexibility index (Phi) is 5.06. The van der Waals surface area contributed by atoms with Gasteiger partial charge in [-0.25, -0.2) is 0 Å². The molecular formula is C9H20B2N2OS. The van der Waals surface area contributed by atoms with Crippen molar-refractivity contribution in [2.75, 3.05) is 6.54 Å². The summed E-state index contributed by atoms with van der Waals surface area (Å²) in [6, 6.07) is 0.460. The van der Waals surface area contributed by atoms with E-state index in [4.69, 9.17) is 0 Å². The van der Waals surface area contributed by atoms with E-state index in [1.54, 1.807) is 0 Å². The van der Waals surface area contributed by atoms with Crippen LogP contribution in [-0.2, 0) is 0 Å². The van der Waals surface area contributed by atoms with Crippen molar-refractivity contribution in [2.45, 2.75) is 38.2 Å². The molecule has 0 heterocycles. The second-order valence-corrected chi connectivity index (χ2v) is 4.91. The Morgan fingerprint density at radius 1 is 1.67 bits per heavy atom. The highest BCUT2D eigenvalue weighted by Gasteiger charge is 2.35. The van der Waals surface area contributed by atoms with Crippen LogP contribution >= 0.6 is 12.6 Å². The Hall–Kier alpha value is -0.0901. The molecule has 15 heavy (non-hydrogen) atoms. The molecule has 0 saturated heterocycles. The van der Waals surface area contributed by atoms with Crippen molar-refractivity contribution < 1.29 is 4.79 Å². The predicted molar refractivity (Wildman–Crippen MR) is 71.9 cm³/mol. The Bertz CT molecular complexity index is 226. The average molecular weight is 226 g/mol. The summed E-state index contributed by atoms with van der Waals surface area (Å²) in [4.78, 5) is 13.4. The van der Waals surface area contributed by atoms with Crippen molar-refractivity contribution >= 4 is 33.7 Å². The van der Waals surface area contributed by atoms with E-state index >= 15 is 0 Å². The molecule has 3 nitrogen and oxygen atoms in total. The maximum atomic E-state index is 11.4. The predicted octanol–water partition coefficient (Wildman–Crippen LogP) is -0.376. The van der Waals surface area contributed by atoms with Gasteiger partial charge in [0.05, 0.1) is 0 Å². The molecule has 1 aliphatic rings. The van der Waals surface area contributed by atoms with E-state index in [1.165, 1.54) is 0 Å². The zero-order valence-electron chi connectivity index (χ0n) is 9.86. The highest BCUT2D eigenvalue weighted by atomic mass is 32.1. The number of thiol groups is 1. The number of carbonyl (C=O) groups is 1. The van der Waals surface area contributed by atoms with Gasteiger partial charge in [0.1, 0.15) is 7.85 Å². The van der Waals surface area contributed by atoms with Gasteiger partial charge in [0.2, 0.25) is 0 Å². The molecule has 0 spiro atoms.